The summed E-state index contributed by atoms with van der Waals surface area (Å²) in [7, 11) is 0. The lowest BCUT2D eigenvalue weighted by Crippen LogP contribution is -2.40. The molecule has 0 radical (unpaired) electrons. The van der Waals surface area contributed by atoms with Gasteiger partial charge in [-0.2, -0.15) is 0 Å². The molecular formula is C14H18ClN3O. The molecule has 2 aliphatic heterocycles. The Labute approximate surface area is 117 Å². The summed E-state index contributed by atoms with van der Waals surface area (Å²) in [6.07, 6.45) is 2.48. The number of benzene rings is 1. The van der Waals surface area contributed by atoms with Gasteiger partial charge in [-0.05, 0) is 43.5 Å². The standard InChI is InChI=1S/C14H18ClN3O/c15-10-3-4-11(14(16)19)13(6-10)18-7-9-2-1-5-17-12(9)8-18/h3-4,6,9,12,17H,1-2,5,7-8H2,(H2,16,19). The van der Waals surface area contributed by atoms with Gasteiger partial charge in [0, 0.05) is 24.2 Å². The molecule has 2 saturated heterocycles. The molecule has 2 unspecified atom stereocenters. The number of primary amides is 1. The molecule has 5 heteroatoms. The zero-order valence-electron chi connectivity index (χ0n) is 10.7. The zero-order chi connectivity index (χ0) is 13.4. The molecule has 1 aromatic carbocycles. The van der Waals surface area contributed by atoms with Crippen LogP contribution in [0.1, 0.15) is 23.2 Å². The van der Waals surface area contributed by atoms with Crippen LogP contribution in [0.3, 0.4) is 0 Å². The number of nitrogens with one attached hydrogen (secondary N) is 1. The van der Waals surface area contributed by atoms with E-state index in [-0.39, 0.29) is 0 Å². The first kappa shape index (κ1) is 12.8. The quantitative estimate of drug-likeness (QED) is 0.865. The number of halogens is 1. The van der Waals surface area contributed by atoms with Gasteiger partial charge >= 0.3 is 0 Å². The lowest BCUT2D eigenvalue weighted by molar-refractivity contribution is 0.100. The lowest BCUT2D eigenvalue weighted by Gasteiger charge is -2.24. The second kappa shape index (κ2) is 5.02. The van der Waals surface area contributed by atoms with Crippen LogP contribution in [0.5, 0.6) is 0 Å². The number of rotatable bonds is 2. The van der Waals surface area contributed by atoms with E-state index in [1.54, 1.807) is 12.1 Å². The predicted molar refractivity (Wildman–Crippen MR) is 76.7 cm³/mol. The summed E-state index contributed by atoms with van der Waals surface area (Å²) < 4.78 is 0. The molecule has 0 aromatic heterocycles. The van der Waals surface area contributed by atoms with E-state index in [2.05, 4.69) is 10.2 Å². The van der Waals surface area contributed by atoms with Crippen molar-refractivity contribution in [3.63, 3.8) is 0 Å². The smallest absolute Gasteiger partial charge is 0.250 e. The molecule has 0 spiro atoms. The largest absolute Gasteiger partial charge is 0.369 e. The number of nitrogens with two attached hydrogens (primary N) is 1. The van der Waals surface area contributed by atoms with Crippen molar-refractivity contribution in [1.29, 1.82) is 0 Å². The third-order valence-electron chi connectivity index (χ3n) is 4.17. The first-order valence-corrected chi connectivity index (χ1v) is 7.10. The van der Waals surface area contributed by atoms with E-state index in [1.165, 1.54) is 12.8 Å². The maximum Gasteiger partial charge on any atom is 0.250 e. The van der Waals surface area contributed by atoms with E-state index in [0.29, 0.717) is 22.5 Å². The van der Waals surface area contributed by atoms with Gasteiger partial charge in [-0.15, -0.1) is 0 Å². The molecule has 2 atom stereocenters. The van der Waals surface area contributed by atoms with Crippen molar-refractivity contribution >= 4 is 23.2 Å². The third-order valence-corrected chi connectivity index (χ3v) is 4.40. The maximum atomic E-state index is 11.5. The summed E-state index contributed by atoms with van der Waals surface area (Å²) in [6, 6.07) is 5.80. The molecule has 4 nitrogen and oxygen atoms in total. The summed E-state index contributed by atoms with van der Waals surface area (Å²) in [4.78, 5) is 13.8. The van der Waals surface area contributed by atoms with Crippen LogP contribution < -0.4 is 16.0 Å². The monoisotopic (exact) mass is 279 g/mol. The van der Waals surface area contributed by atoms with Crippen molar-refractivity contribution in [2.45, 2.75) is 18.9 Å². The van der Waals surface area contributed by atoms with Crippen molar-refractivity contribution in [2.24, 2.45) is 11.7 Å². The number of nitrogens with zero attached hydrogens (tertiary/aromatic N) is 1. The average molecular weight is 280 g/mol. The Balaban J connectivity index is 1.90. The van der Waals surface area contributed by atoms with Gasteiger partial charge in [0.15, 0.2) is 0 Å². The Morgan fingerprint density at radius 2 is 2.26 bits per heavy atom. The van der Waals surface area contributed by atoms with Crippen molar-refractivity contribution in [3.8, 4) is 0 Å². The van der Waals surface area contributed by atoms with Gasteiger partial charge in [0.05, 0.1) is 11.3 Å². The van der Waals surface area contributed by atoms with Crippen molar-refractivity contribution in [3.05, 3.63) is 28.8 Å². The van der Waals surface area contributed by atoms with Crippen LogP contribution >= 0.6 is 11.6 Å². The highest BCUT2D eigenvalue weighted by Crippen LogP contribution is 2.32. The Hall–Kier alpha value is -1.26. The van der Waals surface area contributed by atoms with E-state index in [0.717, 1.165) is 25.3 Å². The van der Waals surface area contributed by atoms with Crippen LogP contribution in [0.15, 0.2) is 18.2 Å². The van der Waals surface area contributed by atoms with E-state index in [4.69, 9.17) is 17.3 Å². The Kier molecular flexibility index (Phi) is 3.37. The average Bonchev–Trinajstić information content (AvgIpc) is 2.81. The predicted octanol–water partition coefficient (Wildman–Crippen LogP) is 1.63. The Morgan fingerprint density at radius 3 is 3.00 bits per heavy atom. The van der Waals surface area contributed by atoms with Crippen LogP contribution in [-0.2, 0) is 0 Å². The van der Waals surface area contributed by atoms with Gasteiger partial charge in [0.25, 0.3) is 5.91 Å². The minimum Gasteiger partial charge on any atom is -0.369 e. The summed E-state index contributed by atoms with van der Waals surface area (Å²) >= 11 is 6.06. The summed E-state index contributed by atoms with van der Waals surface area (Å²) in [5, 5.41) is 4.19. The normalized spacial score (nSPS) is 26.3. The van der Waals surface area contributed by atoms with Crippen LogP contribution in [0.25, 0.3) is 0 Å². The number of hydrogen-bond acceptors (Lipinski definition) is 3. The molecule has 2 heterocycles. The molecular weight excluding hydrogens is 262 g/mol. The molecule has 0 aliphatic carbocycles. The van der Waals surface area contributed by atoms with Crippen LogP contribution in [-0.4, -0.2) is 31.6 Å². The molecule has 2 fully saturated rings. The molecule has 1 aromatic rings. The first-order valence-electron chi connectivity index (χ1n) is 6.73. The molecule has 19 heavy (non-hydrogen) atoms. The molecule has 0 bridgehead atoms. The second-order valence-electron chi connectivity index (χ2n) is 5.39. The molecule has 0 saturated carbocycles. The van der Waals surface area contributed by atoms with E-state index < -0.39 is 5.91 Å². The van der Waals surface area contributed by atoms with E-state index in [9.17, 15) is 4.79 Å². The highest BCUT2D eigenvalue weighted by atomic mass is 35.5. The van der Waals surface area contributed by atoms with Gasteiger partial charge in [0.1, 0.15) is 0 Å². The summed E-state index contributed by atoms with van der Waals surface area (Å²) in [5.74, 6) is 0.267. The van der Waals surface area contributed by atoms with Gasteiger partial charge < -0.3 is 16.0 Å². The number of fused-ring (bicyclic) bond motifs is 1. The fraction of sp³-hybridized carbons (Fsp3) is 0.500. The first-order chi connectivity index (χ1) is 9.15. The number of carbonyl (C=O) groups is 1. The number of piperidine rings is 1. The fourth-order valence-corrected chi connectivity index (χ4v) is 3.38. The minimum atomic E-state index is -0.394. The number of anilines is 1. The van der Waals surface area contributed by atoms with E-state index >= 15 is 0 Å². The topological polar surface area (TPSA) is 58.4 Å². The molecule has 2 aliphatic rings. The molecule has 3 N–H and O–H groups in total. The van der Waals surface area contributed by atoms with Gasteiger partial charge in [-0.25, -0.2) is 0 Å². The van der Waals surface area contributed by atoms with Gasteiger partial charge in [0.2, 0.25) is 0 Å². The Bertz CT molecular complexity index is 491. The maximum absolute atomic E-state index is 11.5. The number of amides is 1. The fourth-order valence-electron chi connectivity index (χ4n) is 3.22. The Morgan fingerprint density at radius 1 is 1.42 bits per heavy atom. The molecule has 3 rings (SSSR count). The van der Waals surface area contributed by atoms with Crippen molar-refractivity contribution in [1.82, 2.24) is 5.32 Å². The van der Waals surface area contributed by atoms with Crippen LogP contribution in [0, 0.1) is 5.92 Å². The zero-order valence-corrected chi connectivity index (χ0v) is 11.5. The second-order valence-corrected chi connectivity index (χ2v) is 5.83. The van der Waals surface area contributed by atoms with Crippen LogP contribution in [0.2, 0.25) is 5.02 Å². The molecule has 1 amide bonds. The number of carbonyl (C=O) groups excluding carboxylic acids is 1. The molecule has 102 valence electrons. The number of hydrogen-bond donors (Lipinski definition) is 2. The van der Waals surface area contributed by atoms with Crippen molar-refractivity contribution < 1.29 is 4.79 Å². The summed E-state index contributed by atoms with van der Waals surface area (Å²) in [6.45, 7) is 2.98. The third kappa shape index (κ3) is 2.42. The highest BCUT2D eigenvalue weighted by molar-refractivity contribution is 6.31. The van der Waals surface area contributed by atoms with Crippen LogP contribution in [0.4, 0.5) is 5.69 Å². The van der Waals surface area contributed by atoms with Crippen molar-refractivity contribution in [2.75, 3.05) is 24.5 Å². The lowest BCUT2D eigenvalue weighted by atomic mass is 9.94. The minimum absolute atomic E-state index is 0.394. The highest BCUT2D eigenvalue weighted by Gasteiger charge is 2.35. The SMILES string of the molecule is NC(=O)c1ccc(Cl)cc1N1CC2CCCNC2C1. The van der Waals surface area contributed by atoms with Gasteiger partial charge in [-0.3, -0.25) is 4.79 Å². The summed E-state index contributed by atoms with van der Waals surface area (Å²) in [5.41, 5.74) is 6.88. The van der Waals surface area contributed by atoms with Gasteiger partial charge in [-0.1, -0.05) is 11.6 Å². The van der Waals surface area contributed by atoms with E-state index in [1.807, 2.05) is 6.07 Å².